The molecule has 0 unspecified atom stereocenters. The fourth-order valence-corrected chi connectivity index (χ4v) is 3.01. The predicted molar refractivity (Wildman–Crippen MR) is 91.3 cm³/mol. The molecular weight excluding hydrogens is 280 g/mol. The monoisotopic (exact) mass is 304 g/mol. The molecule has 4 nitrogen and oxygen atoms in total. The van der Waals surface area contributed by atoms with Crippen LogP contribution in [-0.4, -0.2) is 23.1 Å². The maximum absolute atomic E-state index is 4.78. The highest BCUT2D eigenvalue weighted by Gasteiger charge is 2.19. The summed E-state index contributed by atoms with van der Waals surface area (Å²) in [5.74, 6) is 2.85. The lowest BCUT2D eigenvalue weighted by atomic mass is 10.2. The van der Waals surface area contributed by atoms with E-state index >= 15 is 0 Å². The normalized spacial score (nSPS) is 11.0. The number of rotatable bonds is 6. The van der Waals surface area contributed by atoms with Crippen molar-refractivity contribution in [2.45, 2.75) is 46.7 Å². The molecular formula is C16H24N4S. The van der Waals surface area contributed by atoms with Crippen molar-refractivity contribution < 1.29 is 0 Å². The van der Waals surface area contributed by atoms with Gasteiger partial charge in [-0.1, -0.05) is 13.0 Å². The Kier molecular flexibility index (Phi) is 5.17. The first-order chi connectivity index (χ1) is 10.1. The molecule has 0 aliphatic rings. The molecule has 2 aromatic rings. The van der Waals surface area contributed by atoms with Crippen molar-refractivity contribution in [2.24, 2.45) is 0 Å². The molecule has 2 heterocycles. The van der Waals surface area contributed by atoms with Crippen molar-refractivity contribution in [1.29, 1.82) is 0 Å². The van der Waals surface area contributed by atoms with Crippen molar-refractivity contribution in [1.82, 2.24) is 9.97 Å². The van der Waals surface area contributed by atoms with Crippen LogP contribution in [0.1, 0.15) is 37.0 Å². The Morgan fingerprint density at radius 1 is 1.33 bits per heavy atom. The van der Waals surface area contributed by atoms with Crippen LogP contribution >= 0.6 is 11.3 Å². The van der Waals surface area contributed by atoms with Gasteiger partial charge in [0.15, 0.2) is 0 Å². The Balaban J connectivity index is 2.44. The second-order valence-corrected chi connectivity index (χ2v) is 6.37. The topological polar surface area (TPSA) is 41.1 Å². The highest BCUT2D eigenvalue weighted by atomic mass is 32.1. The van der Waals surface area contributed by atoms with E-state index in [1.807, 2.05) is 7.05 Å². The number of aromatic nitrogens is 2. The van der Waals surface area contributed by atoms with Gasteiger partial charge in [0.25, 0.3) is 0 Å². The molecule has 0 aliphatic carbocycles. The number of anilines is 2. The summed E-state index contributed by atoms with van der Waals surface area (Å²) in [6.07, 6.45) is 0.840. The average molecular weight is 304 g/mol. The quantitative estimate of drug-likeness (QED) is 0.879. The lowest BCUT2D eigenvalue weighted by molar-refractivity contribution is 0.669. The van der Waals surface area contributed by atoms with E-state index < -0.39 is 0 Å². The average Bonchev–Trinajstić information content (AvgIpc) is 2.98. The first-order valence-electron chi connectivity index (χ1n) is 7.41. The van der Waals surface area contributed by atoms with Gasteiger partial charge in [0.2, 0.25) is 0 Å². The number of hydrogen-bond acceptors (Lipinski definition) is 5. The standard InChI is InChI=1S/C16H24N4S/c1-6-14-18-15(17-5)12(4)16(19-14)20(11(2)3)10-13-8-7-9-21-13/h7-9,11H,6,10H2,1-5H3,(H,17,18,19). The van der Waals surface area contributed by atoms with Gasteiger partial charge >= 0.3 is 0 Å². The van der Waals surface area contributed by atoms with Gasteiger partial charge in [-0.25, -0.2) is 9.97 Å². The Morgan fingerprint density at radius 2 is 2.10 bits per heavy atom. The van der Waals surface area contributed by atoms with Gasteiger partial charge in [0.05, 0.1) is 6.54 Å². The van der Waals surface area contributed by atoms with Crippen molar-refractivity contribution in [3.63, 3.8) is 0 Å². The maximum atomic E-state index is 4.78. The van der Waals surface area contributed by atoms with Crippen molar-refractivity contribution in [2.75, 3.05) is 17.3 Å². The molecule has 2 rings (SSSR count). The summed E-state index contributed by atoms with van der Waals surface area (Å²) < 4.78 is 0. The molecule has 0 aromatic carbocycles. The van der Waals surface area contributed by atoms with E-state index in [1.165, 1.54) is 4.88 Å². The number of nitrogens with zero attached hydrogens (tertiary/aromatic N) is 3. The van der Waals surface area contributed by atoms with Crippen LogP contribution in [0.2, 0.25) is 0 Å². The third-order valence-electron chi connectivity index (χ3n) is 3.52. The molecule has 21 heavy (non-hydrogen) atoms. The summed E-state index contributed by atoms with van der Waals surface area (Å²) in [5.41, 5.74) is 1.11. The zero-order valence-electron chi connectivity index (χ0n) is 13.5. The zero-order valence-corrected chi connectivity index (χ0v) is 14.3. The van der Waals surface area contributed by atoms with E-state index in [4.69, 9.17) is 4.98 Å². The van der Waals surface area contributed by atoms with Crippen LogP contribution < -0.4 is 10.2 Å². The van der Waals surface area contributed by atoms with Gasteiger partial charge in [-0.3, -0.25) is 0 Å². The largest absolute Gasteiger partial charge is 0.373 e. The first kappa shape index (κ1) is 15.8. The van der Waals surface area contributed by atoms with E-state index in [1.54, 1.807) is 11.3 Å². The number of aryl methyl sites for hydroxylation is 1. The molecule has 0 bridgehead atoms. The molecule has 0 aliphatic heterocycles. The van der Waals surface area contributed by atoms with Gasteiger partial charge in [-0.15, -0.1) is 11.3 Å². The molecule has 2 aromatic heterocycles. The minimum atomic E-state index is 0.384. The van der Waals surface area contributed by atoms with Gasteiger partial charge in [0.1, 0.15) is 17.5 Å². The Morgan fingerprint density at radius 3 is 2.62 bits per heavy atom. The lowest BCUT2D eigenvalue weighted by Crippen LogP contribution is -2.32. The van der Waals surface area contributed by atoms with E-state index in [2.05, 4.69) is 60.4 Å². The third kappa shape index (κ3) is 3.53. The van der Waals surface area contributed by atoms with Crippen molar-refractivity contribution >= 4 is 23.0 Å². The number of hydrogen-bond donors (Lipinski definition) is 1. The Bertz CT molecular complexity index is 578. The predicted octanol–water partition coefficient (Wildman–Crippen LogP) is 3.87. The van der Waals surface area contributed by atoms with Crippen LogP contribution in [0.3, 0.4) is 0 Å². The molecule has 5 heteroatoms. The molecule has 0 radical (unpaired) electrons. The summed E-state index contributed by atoms with van der Waals surface area (Å²) in [7, 11) is 1.91. The maximum Gasteiger partial charge on any atom is 0.137 e. The second kappa shape index (κ2) is 6.89. The summed E-state index contributed by atoms with van der Waals surface area (Å²) in [6.45, 7) is 9.48. The van der Waals surface area contributed by atoms with E-state index in [9.17, 15) is 0 Å². The fraction of sp³-hybridized carbons (Fsp3) is 0.500. The minimum absolute atomic E-state index is 0.384. The molecule has 0 fully saturated rings. The lowest BCUT2D eigenvalue weighted by Gasteiger charge is -2.29. The summed E-state index contributed by atoms with van der Waals surface area (Å²) in [5, 5.41) is 5.31. The molecule has 1 N–H and O–H groups in total. The second-order valence-electron chi connectivity index (χ2n) is 5.34. The smallest absolute Gasteiger partial charge is 0.137 e. The first-order valence-corrected chi connectivity index (χ1v) is 8.29. The van der Waals surface area contributed by atoms with Crippen LogP contribution in [0.25, 0.3) is 0 Å². The Labute approximate surface area is 131 Å². The Hall–Kier alpha value is -1.62. The van der Waals surface area contributed by atoms with Gasteiger partial charge < -0.3 is 10.2 Å². The van der Waals surface area contributed by atoms with E-state index in [0.717, 1.165) is 36.0 Å². The third-order valence-corrected chi connectivity index (χ3v) is 4.38. The zero-order chi connectivity index (χ0) is 15.4. The highest BCUT2D eigenvalue weighted by molar-refractivity contribution is 7.09. The van der Waals surface area contributed by atoms with Crippen LogP contribution in [0.15, 0.2) is 17.5 Å². The van der Waals surface area contributed by atoms with Crippen LogP contribution in [0.5, 0.6) is 0 Å². The number of thiophene rings is 1. The van der Waals surface area contributed by atoms with Crippen molar-refractivity contribution in [3.05, 3.63) is 33.8 Å². The van der Waals surface area contributed by atoms with Gasteiger partial charge in [0, 0.05) is 30.0 Å². The number of nitrogens with one attached hydrogen (secondary N) is 1. The molecule has 114 valence electrons. The molecule has 0 amide bonds. The van der Waals surface area contributed by atoms with Crippen LogP contribution in [0.4, 0.5) is 11.6 Å². The van der Waals surface area contributed by atoms with Gasteiger partial charge in [-0.2, -0.15) is 0 Å². The summed E-state index contributed by atoms with van der Waals surface area (Å²) in [6, 6.07) is 4.66. The molecule has 0 spiro atoms. The van der Waals surface area contributed by atoms with Gasteiger partial charge in [-0.05, 0) is 32.2 Å². The fourth-order valence-electron chi connectivity index (χ4n) is 2.30. The summed E-state index contributed by atoms with van der Waals surface area (Å²) >= 11 is 1.79. The summed E-state index contributed by atoms with van der Waals surface area (Å²) in [4.78, 5) is 13.0. The van der Waals surface area contributed by atoms with Crippen LogP contribution in [0, 0.1) is 6.92 Å². The molecule has 0 atom stereocenters. The van der Waals surface area contributed by atoms with E-state index in [0.29, 0.717) is 6.04 Å². The SMILES string of the molecule is CCc1nc(NC)c(C)c(N(Cc2cccs2)C(C)C)n1. The van der Waals surface area contributed by atoms with E-state index in [-0.39, 0.29) is 0 Å². The molecule has 0 saturated heterocycles. The minimum Gasteiger partial charge on any atom is -0.373 e. The van der Waals surface area contributed by atoms with Crippen molar-refractivity contribution in [3.8, 4) is 0 Å². The van der Waals surface area contributed by atoms with Crippen LogP contribution in [-0.2, 0) is 13.0 Å². The highest BCUT2D eigenvalue weighted by Crippen LogP contribution is 2.27. The molecule has 0 saturated carbocycles.